The molecule has 0 heterocycles. The van der Waals surface area contributed by atoms with Crippen LogP contribution in [0.15, 0.2) is 49.0 Å². The molecule has 0 aliphatic rings. The van der Waals surface area contributed by atoms with E-state index < -0.39 is 0 Å². The van der Waals surface area contributed by atoms with Crippen LogP contribution >= 0.6 is 0 Å². The fourth-order valence-electron chi connectivity index (χ4n) is 1.89. The Kier molecular flexibility index (Phi) is 3.38. The first-order valence-corrected chi connectivity index (χ1v) is 5.95. The molecule has 0 aromatic heterocycles. The van der Waals surface area contributed by atoms with Crippen LogP contribution < -0.4 is 11.1 Å². The topological polar surface area (TPSA) is 38.0 Å². The summed E-state index contributed by atoms with van der Waals surface area (Å²) in [6.45, 7) is 8.19. The summed E-state index contributed by atoms with van der Waals surface area (Å²) in [5, 5.41) is 3.33. The molecule has 18 heavy (non-hydrogen) atoms. The molecular weight excluding hydrogens is 220 g/mol. The number of rotatable bonds is 3. The fourth-order valence-corrected chi connectivity index (χ4v) is 1.89. The van der Waals surface area contributed by atoms with Gasteiger partial charge in [-0.05, 0) is 49.2 Å². The lowest BCUT2D eigenvalue weighted by Gasteiger charge is -2.13. The van der Waals surface area contributed by atoms with E-state index in [9.17, 15) is 0 Å². The molecule has 0 radical (unpaired) electrons. The Morgan fingerprint density at radius 1 is 1.11 bits per heavy atom. The summed E-state index contributed by atoms with van der Waals surface area (Å²) >= 11 is 0. The molecule has 0 fully saturated rings. The summed E-state index contributed by atoms with van der Waals surface area (Å²) in [4.78, 5) is 0. The van der Waals surface area contributed by atoms with Crippen molar-refractivity contribution in [2.45, 2.75) is 13.8 Å². The van der Waals surface area contributed by atoms with Crippen molar-refractivity contribution in [1.82, 2.24) is 0 Å². The summed E-state index contributed by atoms with van der Waals surface area (Å²) in [6.07, 6.45) is 0. The lowest BCUT2D eigenvalue weighted by Crippen LogP contribution is -2.00. The number of nitrogen functional groups attached to an aromatic ring is 1. The van der Waals surface area contributed by atoms with Crippen LogP contribution in [0.5, 0.6) is 0 Å². The van der Waals surface area contributed by atoms with E-state index in [1.807, 2.05) is 31.2 Å². The molecule has 0 amide bonds. The largest absolute Gasteiger partial charge is 0.399 e. The Balaban J connectivity index is 2.21. The first-order valence-electron chi connectivity index (χ1n) is 5.95. The molecule has 92 valence electrons. The maximum Gasteiger partial charge on any atom is 0.0415 e. The van der Waals surface area contributed by atoms with Crippen LogP contribution in [0.2, 0.25) is 0 Å². The van der Waals surface area contributed by atoms with Crippen molar-refractivity contribution in [3.63, 3.8) is 0 Å². The molecule has 2 aromatic carbocycles. The van der Waals surface area contributed by atoms with Gasteiger partial charge in [0.15, 0.2) is 0 Å². The van der Waals surface area contributed by atoms with Crippen LogP contribution in [0.3, 0.4) is 0 Å². The summed E-state index contributed by atoms with van der Waals surface area (Å²) in [7, 11) is 0. The van der Waals surface area contributed by atoms with Gasteiger partial charge in [-0.15, -0.1) is 0 Å². The zero-order valence-electron chi connectivity index (χ0n) is 10.8. The average Bonchev–Trinajstić information content (AvgIpc) is 2.32. The number of nitrogens with two attached hydrogens (primary N) is 1. The number of nitrogens with one attached hydrogen (secondary N) is 1. The summed E-state index contributed by atoms with van der Waals surface area (Å²) in [5.74, 6) is 0. The standard InChI is InChI=1S/C16H18N2/c1-11-5-4-6-14(9-11)13(3)18-16-8-7-15(17)10-12(16)2/h4-10,18H,3,17H2,1-2H3. The smallest absolute Gasteiger partial charge is 0.0415 e. The molecule has 0 unspecified atom stereocenters. The van der Waals surface area contributed by atoms with Gasteiger partial charge in [0.2, 0.25) is 0 Å². The predicted octanol–water partition coefficient (Wildman–Crippen LogP) is 3.97. The Hall–Kier alpha value is -2.22. The van der Waals surface area contributed by atoms with E-state index in [0.29, 0.717) is 0 Å². The van der Waals surface area contributed by atoms with Crippen molar-refractivity contribution in [3.8, 4) is 0 Å². The number of anilines is 2. The minimum Gasteiger partial charge on any atom is -0.399 e. The van der Waals surface area contributed by atoms with Gasteiger partial charge < -0.3 is 11.1 Å². The van der Waals surface area contributed by atoms with Gasteiger partial charge in [0.25, 0.3) is 0 Å². The zero-order valence-corrected chi connectivity index (χ0v) is 10.8. The van der Waals surface area contributed by atoms with Gasteiger partial charge in [0, 0.05) is 17.1 Å². The molecule has 0 saturated carbocycles. The van der Waals surface area contributed by atoms with E-state index in [4.69, 9.17) is 5.73 Å². The Labute approximate surface area is 108 Å². The SMILES string of the molecule is C=C(Nc1ccc(N)cc1C)c1cccc(C)c1. The highest BCUT2D eigenvalue weighted by atomic mass is 14.9. The minimum absolute atomic E-state index is 0.777. The first-order chi connectivity index (χ1) is 8.56. The highest BCUT2D eigenvalue weighted by Crippen LogP contribution is 2.22. The Bertz CT molecular complexity index is 585. The molecule has 0 spiro atoms. The molecule has 0 saturated heterocycles. The molecule has 0 aliphatic carbocycles. The van der Waals surface area contributed by atoms with Gasteiger partial charge >= 0.3 is 0 Å². The van der Waals surface area contributed by atoms with Crippen molar-refractivity contribution in [2.75, 3.05) is 11.1 Å². The molecule has 2 aromatic rings. The van der Waals surface area contributed by atoms with Crippen molar-refractivity contribution in [1.29, 1.82) is 0 Å². The molecule has 0 bridgehead atoms. The molecular formula is C16H18N2. The molecule has 2 rings (SSSR count). The maximum atomic E-state index is 5.74. The molecule has 0 atom stereocenters. The van der Waals surface area contributed by atoms with Gasteiger partial charge in [-0.25, -0.2) is 0 Å². The quantitative estimate of drug-likeness (QED) is 0.794. The lowest BCUT2D eigenvalue weighted by atomic mass is 10.1. The van der Waals surface area contributed by atoms with Crippen LogP contribution in [0.25, 0.3) is 5.70 Å². The fraction of sp³-hybridized carbons (Fsp3) is 0.125. The summed E-state index contributed by atoms with van der Waals surface area (Å²) < 4.78 is 0. The van der Waals surface area contributed by atoms with Crippen LogP contribution in [-0.4, -0.2) is 0 Å². The second-order valence-electron chi connectivity index (χ2n) is 4.55. The van der Waals surface area contributed by atoms with Gasteiger partial charge in [-0.1, -0.05) is 30.3 Å². The van der Waals surface area contributed by atoms with Crippen LogP contribution in [0.1, 0.15) is 16.7 Å². The van der Waals surface area contributed by atoms with E-state index in [1.165, 1.54) is 5.56 Å². The van der Waals surface area contributed by atoms with Crippen LogP contribution in [0, 0.1) is 13.8 Å². The second kappa shape index (κ2) is 4.96. The minimum atomic E-state index is 0.777. The van der Waals surface area contributed by atoms with E-state index in [0.717, 1.165) is 28.2 Å². The lowest BCUT2D eigenvalue weighted by molar-refractivity contribution is 1.41. The van der Waals surface area contributed by atoms with Crippen LogP contribution in [0.4, 0.5) is 11.4 Å². The monoisotopic (exact) mass is 238 g/mol. The third-order valence-corrected chi connectivity index (χ3v) is 2.90. The number of benzene rings is 2. The van der Waals surface area contributed by atoms with Crippen molar-refractivity contribution >= 4 is 17.1 Å². The van der Waals surface area contributed by atoms with Crippen molar-refractivity contribution < 1.29 is 0 Å². The van der Waals surface area contributed by atoms with Gasteiger partial charge in [0.05, 0.1) is 0 Å². The third kappa shape index (κ3) is 2.72. The number of hydrogen-bond donors (Lipinski definition) is 2. The first kappa shape index (κ1) is 12.2. The average molecular weight is 238 g/mol. The number of aryl methyl sites for hydroxylation is 2. The second-order valence-corrected chi connectivity index (χ2v) is 4.55. The van der Waals surface area contributed by atoms with Crippen molar-refractivity contribution in [2.24, 2.45) is 0 Å². The van der Waals surface area contributed by atoms with Crippen molar-refractivity contribution in [3.05, 3.63) is 65.7 Å². The van der Waals surface area contributed by atoms with E-state index in [-0.39, 0.29) is 0 Å². The van der Waals surface area contributed by atoms with Crippen LogP contribution in [-0.2, 0) is 0 Å². The Morgan fingerprint density at radius 2 is 1.89 bits per heavy atom. The van der Waals surface area contributed by atoms with Gasteiger partial charge in [0.1, 0.15) is 0 Å². The highest BCUT2D eigenvalue weighted by molar-refractivity contribution is 5.77. The molecule has 0 aliphatic heterocycles. The third-order valence-electron chi connectivity index (χ3n) is 2.90. The zero-order chi connectivity index (χ0) is 13.1. The number of hydrogen-bond acceptors (Lipinski definition) is 2. The summed E-state index contributed by atoms with van der Waals surface area (Å²) in [6, 6.07) is 14.1. The molecule has 2 nitrogen and oxygen atoms in total. The predicted molar refractivity (Wildman–Crippen MR) is 79.4 cm³/mol. The van der Waals surface area contributed by atoms with Gasteiger partial charge in [-0.3, -0.25) is 0 Å². The van der Waals surface area contributed by atoms with E-state index in [2.05, 4.69) is 37.0 Å². The van der Waals surface area contributed by atoms with E-state index in [1.54, 1.807) is 0 Å². The highest BCUT2D eigenvalue weighted by Gasteiger charge is 2.02. The molecule has 2 heteroatoms. The Morgan fingerprint density at radius 3 is 2.56 bits per heavy atom. The van der Waals surface area contributed by atoms with E-state index >= 15 is 0 Å². The normalized spacial score (nSPS) is 10.1. The van der Waals surface area contributed by atoms with Gasteiger partial charge in [-0.2, -0.15) is 0 Å². The summed E-state index contributed by atoms with van der Waals surface area (Å²) in [5.41, 5.74) is 11.9. The molecule has 3 N–H and O–H groups in total. The maximum absolute atomic E-state index is 5.74.